The summed E-state index contributed by atoms with van der Waals surface area (Å²) in [4.78, 5) is 20.0. The highest BCUT2D eigenvalue weighted by Crippen LogP contribution is 2.17. The number of carbonyl (C=O) groups excluding carboxylic acids is 1. The predicted octanol–water partition coefficient (Wildman–Crippen LogP) is 0.447. The molecule has 0 unspecified atom stereocenters. The molecule has 1 amide bonds. The van der Waals surface area contributed by atoms with Crippen LogP contribution < -0.4 is 10.1 Å². The maximum Gasteiger partial charge on any atom is 0.255 e. The van der Waals surface area contributed by atoms with Crippen LogP contribution in [0.25, 0.3) is 0 Å². The van der Waals surface area contributed by atoms with Crippen molar-refractivity contribution < 1.29 is 9.53 Å². The predicted molar refractivity (Wildman–Crippen MR) is 63.1 cm³/mol. The molecule has 0 bridgehead atoms. The molecule has 0 aliphatic carbocycles. The minimum atomic E-state index is -0.242. The molecule has 2 aromatic rings. The van der Waals surface area contributed by atoms with E-state index in [1.54, 1.807) is 6.07 Å². The van der Waals surface area contributed by atoms with Crippen LogP contribution in [0, 0.1) is 6.92 Å². The molecular formula is C11H13N5O2. The lowest BCUT2D eigenvalue weighted by molar-refractivity contribution is 0.0946. The van der Waals surface area contributed by atoms with Gasteiger partial charge in [-0.05, 0) is 13.0 Å². The summed E-state index contributed by atoms with van der Waals surface area (Å²) in [6, 6.07) is 1.68. The van der Waals surface area contributed by atoms with Gasteiger partial charge >= 0.3 is 0 Å². The number of hydrogen-bond acceptors (Lipinski definition) is 5. The third-order valence-corrected chi connectivity index (χ3v) is 2.35. The maximum atomic E-state index is 12.0. The average Bonchev–Trinajstić information content (AvgIpc) is 2.89. The number of H-pyrrole nitrogens is 1. The number of carbonyl (C=O) groups is 1. The number of aromatic amines is 1. The summed E-state index contributed by atoms with van der Waals surface area (Å²) in [5.74, 6) is 0.789. The Morgan fingerprint density at radius 1 is 1.50 bits per heavy atom. The molecule has 18 heavy (non-hydrogen) atoms. The van der Waals surface area contributed by atoms with Gasteiger partial charge in [0.05, 0.1) is 25.4 Å². The van der Waals surface area contributed by atoms with Gasteiger partial charge in [0, 0.05) is 5.69 Å². The van der Waals surface area contributed by atoms with Crippen molar-refractivity contribution in [2.75, 3.05) is 7.11 Å². The van der Waals surface area contributed by atoms with Crippen LogP contribution in [0.2, 0.25) is 0 Å². The molecule has 2 heterocycles. The molecule has 0 spiro atoms. The summed E-state index contributed by atoms with van der Waals surface area (Å²) >= 11 is 0. The lowest BCUT2D eigenvalue weighted by atomic mass is 10.2. The summed E-state index contributed by atoms with van der Waals surface area (Å²) in [5, 5.41) is 9.09. The van der Waals surface area contributed by atoms with Gasteiger partial charge in [-0.1, -0.05) is 0 Å². The van der Waals surface area contributed by atoms with Crippen molar-refractivity contribution in [1.29, 1.82) is 0 Å². The largest absolute Gasteiger partial charge is 0.494 e. The van der Waals surface area contributed by atoms with Gasteiger partial charge in [-0.2, -0.15) is 5.10 Å². The van der Waals surface area contributed by atoms with Gasteiger partial charge in [0.2, 0.25) is 0 Å². The van der Waals surface area contributed by atoms with E-state index in [1.807, 2.05) is 6.92 Å². The molecule has 7 nitrogen and oxygen atoms in total. The number of nitrogens with zero attached hydrogens (tertiary/aromatic N) is 3. The van der Waals surface area contributed by atoms with Crippen LogP contribution in [0.3, 0.4) is 0 Å². The van der Waals surface area contributed by atoms with Crippen molar-refractivity contribution in [3.8, 4) is 5.75 Å². The van der Waals surface area contributed by atoms with Crippen molar-refractivity contribution >= 4 is 5.91 Å². The van der Waals surface area contributed by atoms with Gasteiger partial charge in [0.1, 0.15) is 17.9 Å². The van der Waals surface area contributed by atoms with E-state index in [2.05, 4.69) is 25.5 Å². The van der Waals surface area contributed by atoms with E-state index in [1.165, 1.54) is 19.6 Å². The van der Waals surface area contributed by atoms with Crippen molar-refractivity contribution in [2.24, 2.45) is 0 Å². The quantitative estimate of drug-likeness (QED) is 0.818. The normalized spacial score (nSPS) is 10.1. The van der Waals surface area contributed by atoms with Gasteiger partial charge in [-0.15, -0.1) is 0 Å². The third kappa shape index (κ3) is 2.62. The second-order valence-corrected chi connectivity index (χ2v) is 3.64. The topological polar surface area (TPSA) is 92.8 Å². The molecular weight excluding hydrogens is 234 g/mol. The Bertz CT molecular complexity index is 538. The number of rotatable bonds is 4. The molecule has 0 aliphatic heterocycles. The molecule has 2 aromatic heterocycles. The Morgan fingerprint density at radius 3 is 3.00 bits per heavy atom. The number of methoxy groups -OCH3 is 1. The molecule has 0 aliphatic rings. The number of nitrogens with one attached hydrogen (secondary N) is 2. The van der Waals surface area contributed by atoms with E-state index in [0.29, 0.717) is 17.1 Å². The second-order valence-electron chi connectivity index (χ2n) is 3.64. The van der Waals surface area contributed by atoms with Crippen LogP contribution in [0.4, 0.5) is 0 Å². The number of hydrogen-bond donors (Lipinski definition) is 2. The van der Waals surface area contributed by atoms with Crippen LogP contribution in [0.5, 0.6) is 5.75 Å². The zero-order valence-corrected chi connectivity index (χ0v) is 10.1. The molecule has 94 valence electrons. The van der Waals surface area contributed by atoms with E-state index in [9.17, 15) is 4.79 Å². The monoisotopic (exact) mass is 247 g/mol. The summed E-state index contributed by atoms with van der Waals surface area (Å²) in [6.07, 6.45) is 2.91. The third-order valence-electron chi connectivity index (χ3n) is 2.35. The number of aromatic nitrogens is 4. The van der Waals surface area contributed by atoms with E-state index in [-0.39, 0.29) is 12.5 Å². The van der Waals surface area contributed by atoms with E-state index in [4.69, 9.17) is 4.74 Å². The van der Waals surface area contributed by atoms with Gasteiger partial charge in [0.15, 0.2) is 0 Å². The molecule has 0 aromatic carbocycles. The van der Waals surface area contributed by atoms with Crippen LogP contribution in [-0.4, -0.2) is 33.2 Å². The van der Waals surface area contributed by atoms with E-state index >= 15 is 0 Å². The SMILES string of the molecule is COc1cnc(C)cc1C(=O)NCc1ncn[nH]1. The highest BCUT2D eigenvalue weighted by molar-refractivity contribution is 5.96. The Kier molecular flexibility index (Phi) is 3.52. The first kappa shape index (κ1) is 12.0. The highest BCUT2D eigenvalue weighted by atomic mass is 16.5. The van der Waals surface area contributed by atoms with Crippen molar-refractivity contribution in [3.05, 3.63) is 35.7 Å². The summed E-state index contributed by atoms with van der Waals surface area (Å²) < 4.78 is 5.10. The second kappa shape index (κ2) is 5.26. The molecule has 0 radical (unpaired) electrons. The minimum absolute atomic E-state index is 0.242. The standard InChI is InChI=1S/C11H13N5O2/c1-7-3-8(9(18-2)4-12-7)11(17)13-5-10-14-6-15-16-10/h3-4,6H,5H2,1-2H3,(H,13,17)(H,14,15,16). The van der Waals surface area contributed by atoms with Crippen molar-refractivity contribution in [3.63, 3.8) is 0 Å². The first-order valence-corrected chi connectivity index (χ1v) is 5.34. The average molecular weight is 247 g/mol. The fraction of sp³-hybridized carbons (Fsp3) is 0.273. The maximum absolute atomic E-state index is 12.0. The van der Waals surface area contributed by atoms with E-state index in [0.717, 1.165) is 5.69 Å². The van der Waals surface area contributed by atoms with Gasteiger partial charge < -0.3 is 10.1 Å². The Hall–Kier alpha value is -2.44. The Labute approximate surface area is 104 Å². The number of pyridine rings is 1. The minimum Gasteiger partial charge on any atom is -0.494 e. The number of ether oxygens (including phenoxy) is 1. The zero-order valence-electron chi connectivity index (χ0n) is 10.1. The van der Waals surface area contributed by atoms with Crippen LogP contribution in [-0.2, 0) is 6.54 Å². The zero-order chi connectivity index (χ0) is 13.0. The molecule has 2 N–H and O–H groups in total. The smallest absolute Gasteiger partial charge is 0.255 e. The van der Waals surface area contributed by atoms with Crippen molar-refractivity contribution in [1.82, 2.24) is 25.5 Å². The molecule has 0 saturated heterocycles. The highest BCUT2D eigenvalue weighted by Gasteiger charge is 2.13. The molecule has 2 rings (SSSR count). The van der Waals surface area contributed by atoms with Gasteiger partial charge in [-0.25, -0.2) is 4.98 Å². The molecule has 0 atom stereocenters. The Morgan fingerprint density at radius 2 is 2.33 bits per heavy atom. The fourth-order valence-corrected chi connectivity index (χ4v) is 1.46. The number of aryl methyl sites for hydroxylation is 1. The molecule has 7 heteroatoms. The van der Waals surface area contributed by atoms with Crippen LogP contribution >= 0.6 is 0 Å². The van der Waals surface area contributed by atoms with Crippen molar-refractivity contribution in [2.45, 2.75) is 13.5 Å². The van der Waals surface area contributed by atoms with Gasteiger partial charge in [-0.3, -0.25) is 14.9 Å². The Balaban J connectivity index is 2.10. The number of amides is 1. The van der Waals surface area contributed by atoms with Gasteiger partial charge in [0.25, 0.3) is 5.91 Å². The first-order valence-electron chi connectivity index (χ1n) is 5.34. The first-order chi connectivity index (χ1) is 8.70. The fourth-order valence-electron chi connectivity index (χ4n) is 1.46. The lowest BCUT2D eigenvalue weighted by Gasteiger charge is -2.08. The lowest BCUT2D eigenvalue weighted by Crippen LogP contribution is -2.24. The van der Waals surface area contributed by atoms with Crippen LogP contribution in [0.1, 0.15) is 21.9 Å². The van der Waals surface area contributed by atoms with Crippen LogP contribution in [0.15, 0.2) is 18.6 Å². The summed E-state index contributed by atoms with van der Waals surface area (Å²) in [5.41, 5.74) is 1.20. The molecule has 0 saturated carbocycles. The molecule has 0 fully saturated rings. The summed E-state index contributed by atoms with van der Waals surface area (Å²) in [7, 11) is 1.50. The summed E-state index contributed by atoms with van der Waals surface area (Å²) in [6.45, 7) is 2.09. The van der Waals surface area contributed by atoms with E-state index < -0.39 is 0 Å².